The van der Waals surface area contributed by atoms with E-state index >= 15 is 0 Å². The molecule has 0 bridgehead atoms. The number of nitrogens with one attached hydrogen (secondary N) is 2. The van der Waals surface area contributed by atoms with Gasteiger partial charge in [0, 0.05) is 48.9 Å². The maximum Gasteiger partial charge on any atom is 0.220 e. The standard InChI is InChI=1S/C18H21N5O/c1-12-21-22-17-8-13(11-23(12)17)9-20-18(24)7-6-14-10-19-16-5-3-2-4-15(14)16/h2-5,10,13,19H,6-9,11H2,1H3,(H,20,24). The number of aromatic nitrogens is 4. The molecule has 6 nitrogen and oxygen atoms in total. The van der Waals surface area contributed by atoms with Gasteiger partial charge in [-0.3, -0.25) is 4.79 Å². The first kappa shape index (κ1) is 14.9. The van der Waals surface area contributed by atoms with Gasteiger partial charge < -0.3 is 14.9 Å². The monoisotopic (exact) mass is 323 g/mol. The smallest absolute Gasteiger partial charge is 0.220 e. The molecule has 2 N–H and O–H groups in total. The summed E-state index contributed by atoms with van der Waals surface area (Å²) in [5, 5.41) is 12.5. The van der Waals surface area contributed by atoms with Gasteiger partial charge in [-0.1, -0.05) is 18.2 Å². The fourth-order valence-corrected chi connectivity index (χ4v) is 3.46. The first-order valence-corrected chi connectivity index (χ1v) is 8.41. The van der Waals surface area contributed by atoms with Crippen LogP contribution >= 0.6 is 0 Å². The minimum absolute atomic E-state index is 0.111. The Hall–Kier alpha value is -2.63. The lowest BCUT2D eigenvalue weighted by atomic mass is 10.1. The molecule has 1 aliphatic rings. The van der Waals surface area contributed by atoms with Crippen LogP contribution in [0.25, 0.3) is 10.9 Å². The minimum atomic E-state index is 0.111. The third kappa shape index (κ3) is 2.79. The van der Waals surface area contributed by atoms with Crippen molar-refractivity contribution in [1.82, 2.24) is 25.1 Å². The SMILES string of the molecule is Cc1nnc2n1CC(CNC(=O)CCc1c[nH]c3ccccc13)C2. The normalized spacial score (nSPS) is 16.5. The molecule has 1 unspecified atom stereocenters. The van der Waals surface area contributed by atoms with Crippen molar-refractivity contribution in [3.05, 3.63) is 47.7 Å². The Bertz CT molecular complexity index is 879. The van der Waals surface area contributed by atoms with Crippen LogP contribution in [0, 0.1) is 12.8 Å². The number of carbonyl (C=O) groups excluding carboxylic acids is 1. The number of aryl methyl sites for hydroxylation is 2. The summed E-state index contributed by atoms with van der Waals surface area (Å²) in [6.45, 7) is 3.57. The highest BCUT2D eigenvalue weighted by Gasteiger charge is 2.24. The second kappa shape index (κ2) is 6.11. The molecule has 0 spiro atoms. The van der Waals surface area contributed by atoms with Crippen LogP contribution < -0.4 is 5.32 Å². The molecule has 0 aliphatic carbocycles. The summed E-state index contributed by atoms with van der Waals surface area (Å²) in [7, 11) is 0. The fourth-order valence-electron chi connectivity index (χ4n) is 3.46. The predicted octanol–water partition coefficient (Wildman–Crippen LogP) is 1.99. The van der Waals surface area contributed by atoms with Crippen molar-refractivity contribution in [2.45, 2.75) is 32.7 Å². The molecule has 0 saturated carbocycles. The highest BCUT2D eigenvalue weighted by Crippen LogP contribution is 2.20. The van der Waals surface area contributed by atoms with Crippen LogP contribution in [0.2, 0.25) is 0 Å². The molecule has 0 radical (unpaired) electrons. The molecule has 1 atom stereocenters. The van der Waals surface area contributed by atoms with Crippen molar-refractivity contribution >= 4 is 16.8 Å². The molecule has 0 saturated heterocycles. The van der Waals surface area contributed by atoms with Gasteiger partial charge in [0.15, 0.2) is 0 Å². The first-order valence-electron chi connectivity index (χ1n) is 8.41. The molecule has 1 aromatic carbocycles. The topological polar surface area (TPSA) is 75.6 Å². The number of benzene rings is 1. The number of hydrogen-bond acceptors (Lipinski definition) is 3. The van der Waals surface area contributed by atoms with E-state index in [0.717, 1.165) is 36.6 Å². The van der Waals surface area contributed by atoms with E-state index in [0.29, 0.717) is 18.9 Å². The van der Waals surface area contributed by atoms with Gasteiger partial charge in [0.1, 0.15) is 11.6 Å². The average Bonchev–Trinajstić information content (AvgIpc) is 3.27. The summed E-state index contributed by atoms with van der Waals surface area (Å²) in [5.41, 5.74) is 2.32. The van der Waals surface area contributed by atoms with E-state index in [1.807, 2.05) is 25.3 Å². The van der Waals surface area contributed by atoms with Crippen LogP contribution in [-0.2, 0) is 24.2 Å². The van der Waals surface area contributed by atoms with Gasteiger partial charge >= 0.3 is 0 Å². The Balaban J connectivity index is 1.27. The highest BCUT2D eigenvalue weighted by atomic mass is 16.1. The molecular weight excluding hydrogens is 302 g/mol. The van der Waals surface area contributed by atoms with E-state index in [1.165, 1.54) is 10.9 Å². The molecule has 4 rings (SSSR count). The number of hydrogen-bond donors (Lipinski definition) is 2. The number of fused-ring (bicyclic) bond motifs is 2. The van der Waals surface area contributed by atoms with Gasteiger partial charge in [-0.15, -0.1) is 10.2 Å². The molecule has 6 heteroatoms. The summed E-state index contributed by atoms with van der Waals surface area (Å²) in [6, 6.07) is 8.19. The van der Waals surface area contributed by atoms with E-state index < -0.39 is 0 Å². The largest absolute Gasteiger partial charge is 0.361 e. The third-order valence-corrected chi connectivity index (χ3v) is 4.81. The van der Waals surface area contributed by atoms with Gasteiger partial charge in [-0.2, -0.15) is 0 Å². The second-order valence-electron chi connectivity index (χ2n) is 6.51. The van der Waals surface area contributed by atoms with E-state index in [2.05, 4.69) is 37.2 Å². The number of para-hydroxylation sites is 1. The van der Waals surface area contributed by atoms with E-state index in [1.54, 1.807) is 0 Å². The zero-order valence-corrected chi connectivity index (χ0v) is 13.7. The quantitative estimate of drug-likeness (QED) is 0.754. The van der Waals surface area contributed by atoms with Gasteiger partial charge in [-0.05, 0) is 25.0 Å². The van der Waals surface area contributed by atoms with Crippen LogP contribution in [0.1, 0.15) is 23.6 Å². The van der Waals surface area contributed by atoms with E-state index in [9.17, 15) is 4.79 Å². The predicted molar refractivity (Wildman–Crippen MR) is 91.6 cm³/mol. The molecule has 3 aromatic rings. The number of carbonyl (C=O) groups is 1. The van der Waals surface area contributed by atoms with Gasteiger partial charge in [0.2, 0.25) is 5.91 Å². The van der Waals surface area contributed by atoms with Crippen LogP contribution in [0.3, 0.4) is 0 Å². The maximum absolute atomic E-state index is 12.2. The Labute approximate surface area is 140 Å². The number of aromatic amines is 1. The zero-order chi connectivity index (χ0) is 16.5. The maximum atomic E-state index is 12.2. The van der Waals surface area contributed by atoms with Crippen molar-refractivity contribution in [3.8, 4) is 0 Å². The van der Waals surface area contributed by atoms with Crippen LogP contribution in [0.4, 0.5) is 0 Å². The lowest BCUT2D eigenvalue weighted by Crippen LogP contribution is -2.30. The average molecular weight is 323 g/mol. The Morgan fingerprint density at radius 3 is 3.12 bits per heavy atom. The van der Waals surface area contributed by atoms with Crippen molar-refractivity contribution in [1.29, 1.82) is 0 Å². The Kier molecular flexibility index (Phi) is 3.80. The fraction of sp³-hybridized carbons (Fsp3) is 0.389. The molecule has 124 valence electrons. The number of amides is 1. The third-order valence-electron chi connectivity index (χ3n) is 4.81. The molecule has 0 fully saturated rings. The number of rotatable bonds is 5. The summed E-state index contributed by atoms with van der Waals surface area (Å²) >= 11 is 0. The number of H-pyrrole nitrogens is 1. The van der Waals surface area contributed by atoms with Gasteiger partial charge in [0.05, 0.1) is 0 Å². The molecule has 1 amide bonds. The minimum Gasteiger partial charge on any atom is -0.361 e. The van der Waals surface area contributed by atoms with E-state index in [4.69, 9.17) is 0 Å². The molecule has 24 heavy (non-hydrogen) atoms. The van der Waals surface area contributed by atoms with Gasteiger partial charge in [-0.25, -0.2) is 0 Å². The summed E-state index contributed by atoms with van der Waals surface area (Å²) in [6.07, 6.45) is 4.16. The summed E-state index contributed by atoms with van der Waals surface area (Å²) in [4.78, 5) is 15.4. The summed E-state index contributed by atoms with van der Waals surface area (Å²) < 4.78 is 2.14. The first-order chi connectivity index (χ1) is 11.7. The van der Waals surface area contributed by atoms with Crippen molar-refractivity contribution in [2.24, 2.45) is 5.92 Å². The molecule has 2 aromatic heterocycles. The molecule has 3 heterocycles. The Morgan fingerprint density at radius 1 is 1.38 bits per heavy atom. The van der Waals surface area contributed by atoms with Crippen molar-refractivity contribution in [2.75, 3.05) is 6.54 Å². The molecule has 1 aliphatic heterocycles. The lowest BCUT2D eigenvalue weighted by molar-refractivity contribution is -0.121. The lowest BCUT2D eigenvalue weighted by Gasteiger charge is -2.10. The van der Waals surface area contributed by atoms with Crippen LogP contribution in [0.5, 0.6) is 0 Å². The zero-order valence-electron chi connectivity index (χ0n) is 13.7. The molecular formula is C18H21N5O. The van der Waals surface area contributed by atoms with Crippen LogP contribution in [-0.4, -0.2) is 32.2 Å². The highest BCUT2D eigenvalue weighted by molar-refractivity contribution is 5.84. The van der Waals surface area contributed by atoms with Crippen molar-refractivity contribution in [3.63, 3.8) is 0 Å². The summed E-state index contributed by atoms with van der Waals surface area (Å²) in [5.74, 6) is 2.52. The van der Waals surface area contributed by atoms with E-state index in [-0.39, 0.29) is 5.91 Å². The van der Waals surface area contributed by atoms with Crippen LogP contribution in [0.15, 0.2) is 30.5 Å². The Morgan fingerprint density at radius 2 is 2.25 bits per heavy atom. The number of nitrogens with zero attached hydrogens (tertiary/aromatic N) is 3. The van der Waals surface area contributed by atoms with Crippen molar-refractivity contribution < 1.29 is 4.79 Å². The second-order valence-corrected chi connectivity index (χ2v) is 6.51. The van der Waals surface area contributed by atoms with Gasteiger partial charge in [0.25, 0.3) is 0 Å².